The fourth-order valence-corrected chi connectivity index (χ4v) is 2.72. The average Bonchev–Trinajstić information content (AvgIpc) is 2.99. The molecule has 0 aromatic heterocycles. The first kappa shape index (κ1) is 16.3. The molecule has 1 heterocycles. The van der Waals surface area contributed by atoms with E-state index in [0.29, 0.717) is 13.2 Å². The van der Waals surface area contributed by atoms with Crippen molar-refractivity contribution in [1.82, 2.24) is 5.32 Å². The van der Waals surface area contributed by atoms with Gasteiger partial charge in [0, 0.05) is 12.2 Å². The van der Waals surface area contributed by atoms with E-state index in [2.05, 4.69) is 31.3 Å². The molecule has 0 spiro atoms. The molecule has 1 N–H and O–H groups in total. The van der Waals surface area contributed by atoms with E-state index in [1.165, 1.54) is 5.56 Å². The molecule has 4 heteroatoms. The van der Waals surface area contributed by atoms with Crippen molar-refractivity contribution in [1.29, 1.82) is 0 Å². The summed E-state index contributed by atoms with van der Waals surface area (Å²) >= 11 is 0. The van der Waals surface area contributed by atoms with Gasteiger partial charge in [0.1, 0.15) is 5.75 Å². The van der Waals surface area contributed by atoms with Crippen LogP contribution < -0.4 is 10.1 Å². The van der Waals surface area contributed by atoms with E-state index in [9.17, 15) is 0 Å². The molecule has 2 atom stereocenters. The molecule has 1 aliphatic heterocycles. The van der Waals surface area contributed by atoms with E-state index in [1.807, 2.05) is 6.07 Å². The maximum atomic E-state index is 5.88. The third-order valence-electron chi connectivity index (χ3n) is 3.82. The Morgan fingerprint density at radius 2 is 2.29 bits per heavy atom. The van der Waals surface area contributed by atoms with Crippen molar-refractivity contribution in [2.75, 3.05) is 33.5 Å². The Morgan fingerprint density at radius 1 is 1.43 bits per heavy atom. The maximum absolute atomic E-state index is 5.88. The lowest BCUT2D eigenvalue weighted by Gasteiger charge is -2.22. The van der Waals surface area contributed by atoms with E-state index < -0.39 is 0 Å². The van der Waals surface area contributed by atoms with Crippen molar-refractivity contribution in [2.45, 2.75) is 38.8 Å². The first-order valence-corrected chi connectivity index (χ1v) is 7.81. The topological polar surface area (TPSA) is 39.7 Å². The number of hydrogen-bond acceptors (Lipinski definition) is 4. The zero-order valence-corrected chi connectivity index (χ0v) is 13.4. The molecule has 118 valence electrons. The van der Waals surface area contributed by atoms with Crippen molar-refractivity contribution in [3.05, 3.63) is 29.3 Å². The fourth-order valence-electron chi connectivity index (χ4n) is 2.72. The molecule has 0 radical (unpaired) electrons. The van der Waals surface area contributed by atoms with Crippen molar-refractivity contribution < 1.29 is 14.2 Å². The summed E-state index contributed by atoms with van der Waals surface area (Å²) in [5.74, 6) is 0.910. The second-order valence-corrected chi connectivity index (χ2v) is 5.53. The minimum atomic E-state index is 0.145. The van der Waals surface area contributed by atoms with Gasteiger partial charge in [0.25, 0.3) is 0 Å². The van der Waals surface area contributed by atoms with Gasteiger partial charge in [-0.15, -0.1) is 0 Å². The summed E-state index contributed by atoms with van der Waals surface area (Å²) in [5.41, 5.74) is 2.39. The average molecular weight is 293 g/mol. The number of methoxy groups -OCH3 is 1. The Hall–Kier alpha value is -1.10. The molecule has 1 aromatic carbocycles. The van der Waals surface area contributed by atoms with Crippen molar-refractivity contribution in [3.63, 3.8) is 0 Å². The lowest BCUT2D eigenvalue weighted by molar-refractivity contribution is 0.00992. The molecule has 0 bridgehead atoms. The van der Waals surface area contributed by atoms with Gasteiger partial charge in [0.2, 0.25) is 0 Å². The number of nitrogens with one attached hydrogen (secondary N) is 1. The van der Waals surface area contributed by atoms with Gasteiger partial charge in [0.15, 0.2) is 0 Å². The molecule has 2 unspecified atom stereocenters. The van der Waals surface area contributed by atoms with Crippen LogP contribution in [0.1, 0.15) is 36.9 Å². The lowest BCUT2D eigenvalue weighted by atomic mass is 10.0. The van der Waals surface area contributed by atoms with Gasteiger partial charge in [-0.05, 0) is 32.4 Å². The minimum absolute atomic E-state index is 0.145. The summed E-state index contributed by atoms with van der Waals surface area (Å²) in [7, 11) is 1.71. The quantitative estimate of drug-likeness (QED) is 0.800. The largest absolute Gasteiger partial charge is 0.496 e. The molecule has 1 saturated heterocycles. The number of ether oxygens (including phenoxy) is 3. The lowest BCUT2D eigenvalue weighted by Crippen LogP contribution is -2.27. The van der Waals surface area contributed by atoms with E-state index in [1.54, 1.807) is 7.11 Å². The Morgan fingerprint density at radius 3 is 2.95 bits per heavy atom. The number of rotatable bonds is 8. The third kappa shape index (κ3) is 4.70. The molecule has 0 saturated carbocycles. The van der Waals surface area contributed by atoms with Crippen LogP contribution in [0.15, 0.2) is 18.2 Å². The van der Waals surface area contributed by atoms with Crippen LogP contribution in [-0.2, 0) is 9.47 Å². The predicted molar refractivity (Wildman–Crippen MR) is 83.9 cm³/mol. The number of aryl methyl sites for hydroxylation is 1. The molecule has 1 aliphatic rings. The molecule has 0 aliphatic carbocycles. The van der Waals surface area contributed by atoms with E-state index in [-0.39, 0.29) is 12.1 Å². The Bertz CT molecular complexity index is 430. The van der Waals surface area contributed by atoms with E-state index >= 15 is 0 Å². The van der Waals surface area contributed by atoms with Crippen LogP contribution in [0.3, 0.4) is 0 Å². The Balaban J connectivity index is 1.98. The molecule has 21 heavy (non-hydrogen) atoms. The summed E-state index contributed by atoms with van der Waals surface area (Å²) in [4.78, 5) is 0. The minimum Gasteiger partial charge on any atom is -0.496 e. The highest BCUT2D eigenvalue weighted by atomic mass is 16.5. The second-order valence-electron chi connectivity index (χ2n) is 5.53. The zero-order chi connectivity index (χ0) is 15.1. The number of benzene rings is 1. The van der Waals surface area contributed by atoms with Crippen molar-refractivity contribution >= 4 is 0 Å². The van der Waals surface area contributed by atoms with Gasteiger partial charge in [-0.25, -0.2) is 0 Å². The zero-order valence-electron chi connectivity index (χ0n) is 13.4. The van der Waals surface area contributed by atoms with Crippen LogP contribution >= 0.6 is 0 Å². The molecule has 1 fully saturated rings. The maximum Gasteiger partial charge on any atom is 0.123 e. The predicted octanol–water partition coefficient (Wildman–Crippen LogP) is 2.85. The van der Waals surface area contributed by atoms with Crippen LogP contribution in [0.25, 0.3) is 0 Å². The standard InChI is InChI=1S/C17H27NO3/c1-4-18-16(12-20-11-14-6-5-9-21-14)15-10-13(2)7-8-17(15)19-3/h7-8,10,14,16,18H,4-6,9,11-12H2,1-3H3. The number of likely N-dealkylation sites (N-methyl/N-ethyl adjacent to an activating group) is 1. The first-order chi connectivity index (χ1) is 10.2. The van der Waals surface area contributed by atoms with Gasteiger partial charge in [-0.1, -0.05) is 24.6 Å². The molecule has 4 nitrogen and oxygen atoms in total. The summed E-state index contributed by atoms with van der Waals surface area (Å²) in [6, 6.07) is 6.40. The van der Waals surface area contributed by atoms with Crippen molar-refractivity contribution in [3.8, 4) is 5.75 Å². The monoisotopic (exact) mass is 293 g/mol. The van der Waals surface area contributed by atoms with Crippen LogP contribution in [0.4, 0.5) is 0 Å². The smallest absolute Gasteiger partial charge is 0.123 e. The normalized spacial score (nSPS) is 19.7. The summed E-state index contributed by atoms with van der Waals surface area (Å²) in [6.45, 7) is 7.28. The summed E-state index contributed by atoms with van der Waals surface area (Å²) < 4.78 is 17.0. The van der Waals surface area contributed by atoms with Crippen LogP contribution in [0.2, 0.25) is 0 Å². The summed E-state index contributed by atoms with van der Waals surface area (Å²) in [5, 5.41) is 3.48. The second kappa shape index (κ2) is 8.37. The molecule has 2 rings (SSSR count). The van der Waals surface area contributed by atoms with E-state index in [4.69, 9.17) is 14.2 Å². The highest BCUT2D eigenvalue weighted by Crippen LogP contribution is 2.27. The third-order valence-corrected chi connectivity index (χ3v) is 3.82. The highest BCUT2D eigenvalue weighted by Gasteiger charge is 2.19. The van der Waals surface area contributed by atoms with Gasteiger partial charge in [-0.3, -0.25) is 0 Å². The van der Waals surface area contributed by atoms with Gasteiger partial charge in [-0.2, -0.15) is 0 Å². The fraction of sp³-hybridized carbons (Fsp3) is 0.647. The molecule has 1 aromatic rings. The van der Waals surface area contributed by atoms with Gasteiger partial charge >= 0.3 is 0 Å². The Kier molecular flexibility index (Phi) is 6.49. The molecule has 0 amide bonds. The molecular formula is C17H27NO3. The van der Waals surface area contributed by atoms with Gasteiger partial charge in [0.05, 0.1) is 32.5 Å². The van der Waals surface area contributed by atoms with Crippen LogP contribution in [0.5, 0.6) is 5.75 Å². The first-order valence-electron chi connectivity index (χ1n) is 7.81. The van der Waals surface area contributed by atoms with Crippen LogP contribution in [0, 0.1) is 6.92 Å². The Labute approximate surface area is 127 Å². The summed E-state index contributed by atoms with van der Waals surface area (Å²) in [6.07, 6.45) is 2.53. The highest BCUT2D eigenvalue weighted by molar-refractivity contribution is 5.39. The van der Waals surface area contributed by atoms with Crippen molar-refractivity contribution in [2.24, 2.45) is 0 Å². The van der Waals surface area contributed by atoms with E-state index in [0.717, 1.165) is 37.3 Å². The van der Waals surface area contributed by atoms with Crippen LogP contribution in [-0.4, -0.2) is 39.6 Å². The SMILES string of the molecule is CCNC(COCC1CCCO1)c1cc(C)ccc1OC. The number of hydrogen-bond donors (Lipinski definition) is 1. The molecular weight excluding hydrogens is 266 g/mol. The van der Waals surface area contributed by atoms with Gasteiger partial charge < -0.3 is 19.5 Å².